The number of carbonyl (C=O) groups excluding carboxylic acids is 1. The SMILES string of the molecule is COC(=O)[C@@]1(CCCO)C[C@@H](F)CN1. The number of halogens is 1. The second-order valence-corrected chi connectivity index (χ2v) is 3.58. The molecule has 82 valence electrons. The predicted molar refractivity (Wildman–Crippen MR) is 48.6 cm³/mol. The molecule has 1 saturated heterocycles. The van der Waals surface area contributed by atoms with Crippen LogP contribution in [0, 0.1) is 0 Å². The maximum atomic E-state index is 13.0. The lowest BCUT2D eigenvalue weighted by atomic mass is 9.91. The standard InChI is InChI=1S/C9H16FNO3/c1-14-8(13)9(3-2-4-12)5-7(10)6-11-9/h7,11-12H,2-6H2,1H3/t7-,9-/m1/s1. The summed E-state index contributed by atoms with van der Waals surface area (Å²) in [6, 6.07) is 0. The van der Waals surface area contributed by atoms with Gasteiger partial charge in [-0.3, -0.25) is 10.1 Å². The van der Waals surface area contributed by atoms with Gasteiger partial charge < -0.3 is 9.84 Å². The monoisotopic (exact) mass is 205 g/mol. The van der Waals surface area contributed by atoms with Crippen molar-refractivity contribution in [1.29, 1.82) is 0 Å². The molecule has 1 aliphatic rings. The lowest BCUT2D eigenvalue weighted by Gasteiger charge is -2.25. The molecular formula is C9H16FNO3. The quantitative estimate of drug-likeness (QED) is 0.634. The van der Waals surface area contributed by atoms with Crippen LogP contribution in [-0.2, 0) is 9.53 Å². The lowest BCUT2D eigenvalue weighted by molar-refractivity contribution is -0.148. The molecule has 0 radical (unpaired) electrons. The first-order chi connectivity index (χ1) is 6.64. The molecule has 0 aromatic heterocycles. The van der Waals surface area contributed by atoms with Gasteiger partial charge in [0, 0.05) is 19.6 Å². The Balaban J connectivity index is 2.65. The summed E-state index contributed by atoms with van der Waals surface area (Å²) in [4.78, 5) is 11.5. The number of nitrogens with one attached hydrogen (secondary N) is 1. The van der Waals surface area contributed by atoms with Crippen molar-refractivity contribution in [3.05, 3.63) is 0 Å². The Kier molecular flexibility index (Phi) is 3.83. The molecule has 2 atom stereocenters. The van der Waals surface area contributed by atoms with Gasteiger partial charge in [0.05, 0.1) is 7.11 Å². The van der Waals surface area contributed by atoms with Gasteiger partial charge in [0.25, 0.3) is 0 Å². The van der Waals surface area contributed by atoms with Gasteiger partial charge in [0.15, 0.2) is 0 Å². The van der Waals surface area contributed by atoms with Crippen LogP contribution in [0.15, 0.2) is 0 Å². The predicted octanol–water partition coefficient (Wildman–Crippen LogP) is 0.00210. The minimum atomic E-state index is -1.01. The maximum Gasteiger partial charge on any atom is 0.326 e. The number of rotatable bonds is 4. The Morgan fingerprint density at radius 3 is 2.93 bits per heavy atom. The molecule has 0 bridgehead atoms. The molecule has 0 aromatic rings. The van der Waals surface area contributed by atoms with Crippen LogP contribution < -0.4 is 5.32 Å². The molecule has 1 aliphatic heterocycles. The van der Waals surface area contributed by atoms with Crippen molar-refractivity contribution in [1.82, 2.24) is 5.32 Å². The zero-order valence-electron chi connectivity index (χ0n) is 8.25. The molecule has 0 unspecified atom stereocenters. The van der Waals surface area contributed by atoms with E-state index < -0.39 is 17.7 Å². The lowest BCUT2D eigenvalue weighted by Crippen LogP contribution is -2.48. The average Bonchev–Trinajstić information content (AvgIpc) is 2.57. The van der Waals surface area contributed by atoms with E-state index in [1.807, 2.05) is 0 Å². The fraction of sp³-hybridized carbons (Fsp3) is 0.889. The number of hydrogen-bond donors (Lipinski definition) is 2. The van der Waals surface area contributed by atoms with Crippen molar-refractivity contribution in [2.45, 2.75) is 31.0 Å². The fourth-order valence-electron chi connectivity index (χ4n) is 1.85. The summed E-state index contributed by atoms with van der Waals surface area (Å²) < 4.78 is 17.6. The molecule has 0 amide bonds. The Hall–Kier alpha value is -0.680. The third kappa shape index (κ3) is 2.22. The van der Waals surface area contributed by atoms with E-state index in [1.54, 1.807) is 0 Å². The second kappa shape index (κ2) is 4.70. The van der Waals surface area contributed by atoms with Gasteiger partial charge in [0.2, 0.25) is 0 Å². The minimum Gasteiger partial charge on any atom is -0.468 e. The number of ether oxygens (including phenoxy) is 1. The molecule has 1 fully saturated rings. The van der Waals surface area contributed by atoms with Crippen LogP contribution in [0.5, 0.6) is 0 Å². The van der Waals surface area contributed by atoms with Crippen molar-refractivity contribution >= 4 is 5.97 Å². The van der Waals surface area contributed by atoms with Gasteiger partial charge in [-0.1, -0.05) is 0 Å². The number of carbonyl (C=O) groups is 1. The van der Waals surface area contributed by atoms with E-state index in [4.69, 9.17) is 5.11 Å². The molecule has 5 heteroatoms. The molecule has 0 aliphatic carbocycles. The van der Waals surface area contributed by atoms with E-state index >= 15 is 0 Å². The second-order valence-electron chi connectivity index (χ2n) is 3.58. The Morgan fingerprint density at radius 1 is 1.79 bits per heavy atom. The average molecular weight is 205 g/mol. The first kappa shape index (κ1) is 11.4. The van der Waals surface area contributed by atoms with Crippen molar-refractivity contribution < 1.29 is 19.0 Å². The third-order valence-corrected chi connectivity index (χ3v) is 2.57. The van der Waals surface area contributed by atoms with Gasteiger partial charge in [-0.25, -0.2) is 4.39 Å². The van der Waals surface area contributed by atoms with E-state index in [0.29, 0.717) is 12.8 Å². The van der Waals surface area contributed by atoms with Crippen LogP contribution in [0.25, 0.3) is 0 Å². The summed E-state index contributed by atoms with van der Waals surface area (Å²) in [5.41, 5.74) is -0.920. The molecule has 2 N–H and O–H groups in total. The van der Waals surface area contributed by atoms with E-state index in [9.17, 15) is 9.18 Å². The Labute approximate surface area is 82.4 Å². The number of hydrogen-bond acceptors (Lipinski definition) is 4. The summed E-state index contributed by atoms with van der Waals surface area (Å²) in [5, 5.41) is 11.5. The molecule has 1 heterocycles. The molecule has 1 rings (SSSR count). The first-order valence-corrected chi connectivity index (χ1v) is 4.73. The topological polar surface area (TPSA) is 58.6 Å². The fourth-order valence-corrected chi connectivity index (χ4v) is 1.85. The van der Waals surface area contributed by atoms with Crippen LogP contribution >= 0.6 is 0 Å². The zero-order chi connectivity index (χ0) is 10.6. The smallest absolute Gasteiger partial charge is 0.326 e. The van der Waals surface area contributed by atoms with E-state index in [0.717, 1.165) is 0 Å². The van der Waals surface area contributed by atoms with Crippen LogP contribution in [0.4, 0.5) is 4.39 Å². The van der Waals surface area contributed by atoms with Gasteiger partial charge in [-0.05, 0) is 12.8 Å². The first-order valence-electron chi connectivity index (χ1n) is 4.73. The summed E-state index contributed by atoms with van der Waals surface area (Å²) in [7, 11) is 1.29. The zero-order valence-corrected chi connectivity index (χ0v) is 8.25. The van der Waals surface area contributed by atoms with Crippen molar-refractivity contribution in [3.63, 3.8) is 0 Å². The number of aliphatic hydroxyl groups excluding tert-OH is 1. The van der Waals surface area contributed by atoms with Gasteiger partial charge >= 0.3 is 5.97 Å². The Morgan fingerprint density at radius 2 is 2.50 bits per heavy atom. The highest BCUT2D eigenvalue weighted by molar-refractivity contribution is 5.81. The van der Waals surface area contributed by atoms with E-state index in [-0.39, 0.29) is 19.6 Å². The normalized spacial score (nSPS) is 31.8. The van der Waals surface area contributed by atoms with Gasteiger partial charge in [0.1, 0.15) is 11.7 Å². The van der Waals surface area contributed by atoms with Crippen LogP contribution in [0.3, 0.4) is 0 Å². The highest BCUT2D eigenvalue weighted by Crippen LogP contribution is 2.27. The summed E-state index contributed by atoms with van der Waals surface area (Å²) in [5.74, 6) is -0.439. The molecule has 0 aromatic carbocycles. The van der Waals surface area contributed by atoms with Crippen molar-refractivity contribution in [2.24, 2.45) is 0 Å². The number of methoxy groups -OCH3 is 1. The maximum absolute atomic E-state index is 13.0. The highest BCUT2D eigenvalue weighted by Gasteiger charge is 2.45. The van der Waals surface area contributed by atoms with E-state index in [2.05, 4.69) is 10.1 Å². The largest absolute Gasteiger partial charge is 0.468 e. The third-order valence-electron chi connectivity index (χ3n) is 2.57. The van der Waals surface area contributed by atoms with E-state index in [1.165, 1.54) is 7.11 Å². The molecule has 0 saturated carbocycles. The van der Waals surface area contributed by atoms with Crippen molar-refractivity contribution in [3.8, 4) is 0 Å². The minimum absolute atomic E-state index is 0.00260. The number of esters is 1. The van der Waals surface area contributed by atoms with Crippen LogP contribution in [0.2, 0.25) is 0 Å². The Bertz CT molecular complexity index is 212. The molecule has 4 nitrogen and oxygen atoms in total. The summed E-state index contributed by atoms with van der Waals surface area (Å²) in [6.07, 6.45) is 0.0123. The summed E-state index contributed by atoms with van der Waals surface area (Å²) in [6.45, 7) is 0.178. The van der Waals surface area contributed by atoms with Crippen LogP contribution in [-0.4, -0.2) is 43.0 Å². The highest BCUT2D eigenvalue weighted by atomic mass is 19.1. The van der Waals surface area contributed by atoms with Crippen molar-refractivity contribution in [2.75, 3.05) is 20.3 Å². The number of alkyl halides is 1. The molecule has 14 heavy (non-hydrogen) atoms. The van der Waals surface area contributed by atoms with Gasteiger partial charge in [-0.2, -0.15) is 0 Å². The molecular weight excluding hydrogens is 189 g/mol. The van der Waals surface area contributed by atoms with Gasteiger partial charge in [-0.15, -0.1) is 0 Å². The number of aliphatic hydroxyl groups is 1. The summed E-state index contributed by atoms with van der Waals surface area (Å²) >= 11 is 0. The molecule has 0 spiro atoms. The van der Waals surface area contributed by atoms with Crippen LogP contribution in [0.1, 0.15) is 19.3 Å².